The molecule has 0 aliphatic carbocycles. The number of carboxylic acids is 1. The molecule has 1 fully saturated rings. The summed E-state index contributed by atoms with van der Waals surface area (Å²) in [5, 5.41) is 8.86. The third-order valence-electron chi connectivity index (χ3n) is 3.96. The van der Waals surface area contributed by atoms with Crippen LogP contribution in [0.4, 0.5) is 4.79 Å². The molecule has 0 atom stereocenters. The van der Waals surface area contributed by atoms with Gasteiger partial charge in [0, 0.05) is 11.6 Å². The van der Waals surface area contributed by atoms with Crippen LogP contribution in [0.2, 0.25) is 5.02 Å². The molecule has 1 aliphatic heterocycles. The van der Waals surface area contributed by atoms with E-state index in [1.165, 1.54) is 24.3 Å². The van der Waals surface area contributed by atoms with Gasteiger partial charge in [0.2, 0.25) is 0 Å². The molecule has 1 N–H and O–H groups in total. The highest BCUT2D eigenvalue weighted by Gasteiger charge is 2.37. The van der Waals surface area contributed by atoms with Gasteiger partial charge in [0.25, 0.3) is 11.1 Å². The molecule has 1 aromatic carbocycles. The monoisotopic (exact) mass is 463 g/mol. The summed E-state index contributed by atoms with van der Waals surface area (Å²) in [4.78, 5) is 48.8. The van der Waals surface area contributed by atoms with E-state index in [4.69, 9.17) is 25.9 Å². The van der Waals surface area contributed by atoms with Gasteiger partial charge in [0.1, 0.15) is 23.7 Å². The molecule has 8 nitrogen and oxygen atoms in total. The molecule has 2 aromatic rings. The molecule has 0 bridgehead atoms. The van der Waals surface area contributed by atoms with Gasteiger partial charge < -0.3 is 14.3 Å². The molecule has 3 rings (SSSR count). The lowest BCUT2D eigenvalue weighted by atomic mass is 10.1. The Hall–Kier alpha value is -3.04. The summed E-state index contributed by atoms with van der Waals surface area (Å²) in [6, 6.07) is 7.33. The van der Waals surface area contributed by atoms with Crippen LogP contribution >= 0.6 is 23.4 Å². The smallest absolute Gasteiger partial charge is 0.335 e. The number of imide groups is 1. The van der Waals surface area contributed by atoms with Crippen LogP contribution in [0.15, 0.2) is 39.7 Å². The Bertz CT molecular complexity index is 1110. The maximum absolute atomic E-state index is 12.6. The lowest BCUT2D eigenvalue weighted by Crippen LogP contribution is -2.37. The van der Waals surface area contributed by atoms with E-state index in [9.17, 15) is 19.2 Å². The summed E-state index contributed by atoms with van der Waals surface area (Å²) in [6.45, 7) is 4.57. The van der Waals surface area contributed by atoms with Gasteiger partial charge in [0.15, 0.2) is 0 Å². The molecule has 2 heterocycles. The van der Waals surface area contributed by atoms with Crippen LogP contribution in [0, 0.1) is 0 Å². The van der Waals surface area contributed by atoms with Crippen LogP contribution in [0.3, 0.4) is 0 Å². The second-order valence-electron chi connectivity index (χ2n) is 7.56. The predicted molar refractivity (Wildman–Crippen MR) is 115 cm³/mol. The topological polar surface area (TPSA) is 114 Å². The number of hydrogen-bond acceptors (Lipinski definition) is 7. The van der Waals surface area contributed by atoms with Gasteiger partial charge in [0.05, 0.1) is 15.5 Å². The first kappa shape index (κ1) is 22.6. The average molecular weight is 464 g/mol. The van der Waals surface area contributed by atoms with E-state index in [1.807, 2.05) is 0 Å². The van der Waals surface area contributed by atoms with Gasteiger partial charge in [-0.05, 0) is 62.9 Å². The van der Waals surface area contributed by atoms with Gasteiger partial charge >= 0.3 is 11.9 Å². The van der Waals surface area contributed by atoms with Crippen molar-refractivity contribution in [2.45, 2.75) is 26.4 Å². The predicted octanol–water partition coefficient (Wildman–Crippen LogP) is 4.68. The summed E-state index contributed by atoms with van der Waals surface area (Å²) < 4.78 is 10.8. The number of aromatic carboxylic acids is 1. The highest BCUT2D eigenvalue weighted by molar-refractivity contribution is 8.18. The number of thioether (sulfide) groups is 1. The first-order valence-electron chi connectivity index (χ1n) is 9.05. The fraction of sp³-hybridized carbons (Fsp3) is 0.238. The number of carbonyl (C=O) groups is 4. The molecule has 1 aromatic heterocycles. The fourth-order valence-corrected chi connectivity index (χ4v) is 3.72. The number of carboxylic acid groups (broad SMARTS) is 1. The Labute approximate surface area is 186 Å². The van der Waals surface area contributed by atoms with Crippen molar-refractivity contribution in [3.05, 3.63) is 51.6 Å². The zero-order valence-electron chi connectivity index (χ0n) is 16.8. The summed E-state index contributed by atoms with van der Waals surface area (Å²) in [5.74, 6) is -1.88. The standard InChI is InChI=1S/C21H18ClNO7S/c1-21(2,3)30-17(24)10-23-18(25)16(31-20(23)28)9-12-5-7-15(29-12)13-8-11(19(26)27)4-6-14(13)22/h4-9H,10H2,1-3H3,(H,26,27). The zero-order valence-corrected chi connectivity index (χ0v) is 18.4. The van der Waals surface area contributed by atoms with Crippen LogP contribution in [0.25, 0.3) is 17.4 Å². The quantitative estimate of drug-likeness (QED) is 0.502. The molecule has 0 radical (unpaired) electrons. The maximum Gasteiger partial charge on any atom is 0.335 e. The van der Waals surface area contributed by atoms with Crippen molar-refractivity contribution in [3.8, 4) is 11.3 Å². The summed E-state index contributed by atoms with van der Waals surface area (Å²) in [5.41, 5.74) is -0.321. The Balaban J connectivity index is 1.80. The first-order chi connectivity index (χ1) is 14.4. The van der Waals surface area contributed by atoms with Crippen LogP contribution in [-0.4, -0.2) is 45.2 Å². The summed E-state index contributed by atoms with van der Waals surface area (Å²) >= 11 is 6.83. The number of nitrogens with zero attached hydrogens (tertiary/aromatic N) is 1. The summed E-state index contributed by atoms with van der Waals surface area (Å²) in [6.07, 6.45) is 1.37. The van der Waals surface area contributed by atoms with Gasteiger partial charge in [-0.15, -0.1) is 0 Å². The molecule has 0 saturated carbocycles. The third-order valence-corrected chi connectivity index (χ3v) is 5.20. The van der Waals surface area contributed by atoms with Crippen molar-refractivity contribution < 1.29 is 33.4 Å². The van der Waals surface area contributed by atoms with E-state index < -0.39 is 35.2 Å². The second-order valence-corrected chi connectivity index (χ2v) is 8.96. The number of furan rings is 1. The molecule has 10 heteroatoms. The molecule has 0 spiro atoms. The van der Waals surface area contributed by atoms with E-state index in [1.54, 1.807) is 32.9 Å². The largest absolute Gasteiger partial charge is 0.478 e. The average Bonchev–Trinajstić information content (AvgIpc) is 3.21. The lowest BCUT2D eigenvalue weighted by Gasteiger charge is -2.21. The molecule has 1 saturated heterocycles. The van der Waals surface area contributed by atoms with E-state index in [0.29, 0.717) is 28.1 Å². The molecule has 0 unspecified atom stereocenters. The number of ether oxygens (including phenoxy) is 1. The van der Waals surface area contributed by atoms with Crippen molar-refractivity contribution in [2.24, 2.45) is 0 Å². The minimum atomic E-state index is -1.11. The van der Waals surface area contributed by atoms with Crippen LogP contribution in [0.1, 0.15) is 36.9 Å². The third kappa shape index (κ3) is 5.36. The first-order valence-corrected chi connectivity index (χ1v) is 10.2. The van der Waals surface area contributed by atoms with Crippen LogP contribution in [-0.2, 0) is 14.3 Å². The second kappa shape index (κ2) is 8.60. The molecule has 162 valence electrons. The molecule has 31 heavy (non-hydrogen) atoms. The lowest BCUT2D eigenvalue weighted by molar-refractivity contribution is -0.156. The molecule has 2 amide bonds. The molecule has 1 aliphatic rings. The highest BCUT2D eigenvalue weighted by atomic mass is 35.5. The minimum Gasteiger partial charge on any atom is -0.478 e. The normalized spacial score (nSPS) is 15.6. The van der Waals surface area contributed by atoms with Crippen molar-refractivity contribution in [1.82, 2.24) is 4.90 Å². The number of carbonyl (C=O) groups excluding carboxylic acids is 3. The van der Waals surface area contributed by atoms with E-state index in [2.05, 4.69) is 0 Å². The fourth-order valence-electron chi connectivity index (χ4n) is 2.69. The van der Waals surface area contributed by atoms with Crippen LogP contribution < -0.4 is 0 Å². The Kier molecular flexibility index (Phi) is 6.28. The van der Waals surface area contributed by atoms with Crippen molar-refractivity contribution in [2.75, 3.05) is 6.54 Å². The van der Waals surface area contributed by atoms with E-state index in [-0.39, 0.29) is 16.2 Å². The SMILES string of the molecule is CC(C)(C)OC(=O)CN1C(=O)SC(=Cc2ccc(-c3cc(C(=O)O)ccc3Cl)o2)C1=O. The number of benzene rings is 1. The Morgan fingerprint density at radius 2 is 1.94 bits per heavy atom. The van der Waals surface area contributed by atoms with Crippen molar-refractivity contribution >= 4 is 52.5 Å². The Morgan fingerprint density at radius 3 is 2.58 bits per heavy atom. The number of halogens is 1. The van der Waals surface area contributed by atoms with Gasteiger partial charge in [-0.2, -0.15) is 0 Å². The summed E-state index contributed by atoms with van der Waals surface area (Å²) in [7, 11) is 0. The molecular weight excluding hydrogens is 446 g/mol. The van der Waals surface area contributed by atoms with Gasteiger partial charge in [-0.25, -0.2) is 4.79 Å². The number of hydrogen-bond donors (Lipinski definition) is 1. The zero-order chi connectivity index (χ0) is 22.9. The van der Waals surface area contributed by atoms with Gasteiger partial charge in [-0.3, -0.25) is 19.3 Å². The van der Waals surface area contributed by atoms with Crippen LogP contribution in [0.5, 0.6) is 0 Å². The van der Waals surface area contributed by atoms with Crippen molar-refractivity contribution in [3.63, 3.8) is 0 Å². The number of rotatable bonds is 5. The van der Waals surface area contributed by atoms with E-state index >= 15 is 0 Å². The number of amides is 2. The van der Waals surface area contributed by atoms with Crippen molar-refractivity contribution in [1.29, 1.82) is 0 Å². The van der Waals surface area contributed by atoms with E-state index in [0.717, 1.165) is 4.90 Å². The van der Waals surface area contributed by atoms with Gasteiger partial charge in [-0.1, -0.05) is 11.6 Å². The minimum absolute atomic E-state index is 0.0422. The Morgan fingerprint density at radius 1 is 1.23 bits per heavy atom. The molecular formula is C21H18ClNO7S. The maximum atomic E-state index is 12.6. The highest BCUT2D eigenvalue weighted by Crippen LogP contribution is 2.35. The number of esters is 1.